The Labute approximate surface area is 201 Å². The highest BCUT2D eigenvalue weighted by molar-refractivity contribution is 8.00. The van der Waals surface area contributed by atoms with Gasteiger partial charge in [-0.1, -0.05) is 30.0 Å². The first kappa shape index (κ1) is 23.2. The first-order chi connectivity index (χ1) is 16.4. The van der Waals surface area contributed by atoms with Gasteiger partial charge in [0.05, 0.1) is 10.9 Å². The number of pyridine rings is 1. The summed E-state index contributed by atoms with van der Waals surface area (Å²) >= 11 is 1.33. The summed E-state index contributed by atoms with van der Waals surface area (Å²) in [5.74, 6) is 0.369. The van der Waals surface area contributed by atoms with Crippen LogP contribution in [0, 0.1) is 6.92 Å². The van der Waals surface area contributed by atoms with Crippen molar-refractivity contribution in [1.29, 1.82) is 0 Å². The predicted octanol–water partition coefficient (Wildman–Crippen LogP) is 4.72. The molecule has 0 radical (unpaired) electrons. The lowest BCUT2D eigenvalue weighted by Crippen LogP contribution is -2.23. The standard InChI is InChI=1S/C25H24N6O2S/c1-16-6-4-5-7-22(16)31-23(19-12-14-26-15-13-19)29-30-25(31)34-17(2)24(33)28-21-10-8-20(9-11-21)27-18(3)32/h4-15,17H,1-3H3,(H,27,32)(H,28,33)/t17-/m1/s1. The largest absolute Gasteiger partial charge is 0.326 e. The van der Waals surface area contributed by atoms with Crippen LogP contribution in [0.15, 0.2) is 78.2 Å². The van der Waals surface area contributed by atoms with Crippen molar-refractivity contribution in [3.8, 4) is 17.1 Å². The van der Waals surface area contributed by atoms with E-state index in [-0.39, 0.29) is 11.8 Å². The predicted molar refractivity (Wildman–Crippen MR) is 134 cm³/mol. The van der Waals surface area contributed by atoms with Gasteiger partial charge in [-0.25, -0.2) is 0 Å². The molecule has 0 aliphatic rings. The van der Waals surface area contributed by atoms with Crippen LogP contribution in [0.3, 0.4) is 0 Å². The molecule has 1 atom stereocenters. The fourth-order valence-electron chi connectivity index (χ4n) is 3.36. The van der Waals surface area contributed by atoms with Gasteiger partial charge in [-0.2, -0.15) is 0 Å². The van der Waals surface area contributed by atoms with Crippen molar-refractivity contribution >= 4 is 35.0 Å². The van der Waals surface area contributed by atoms with Crippen LogP contribution in [0.5, 0.6) is 0 Å². The normalized spacial score (nSPS) is 11.6. The molecule has 34 heavy (non-hydrogen) atoms. The Morgan fingerprint density at radius 2 is 1.56 bits per heavy atom. The average Bonchev–Trinajstić information content (AvgIpc) is 3.24. The van der Waals surface area contributed by atoms with Crippen LogP contribution in [0.2, 0.25) is 0 Å². The van der Waals surface area contributed by atoms with Gasteiger partial charge in [-0.15, -0.1) is 10.2 Å². The SMILES string of the molecule is CC(=O)Nc1ccc(NC(=O)[C@@H](C)Sc2nnc(-c3ccncc3)n2-c2ccccc2C)cc1. The Morgan fingerprint density at radius 3 is 2.21 bits per heavy atom. The molecule has 172 valence electrons. The van der Waals surface area contributed by atoms with Crippen molar-refractivity contribution in [3.63, 3.8) is 0 Å². The smallest absolute Gasteiger partial charge is 0.237 e. The maximum absolute atomic E-state index is 12.9. The second kappa shape index (κ2) is 10.3. The number of hydrogen-bond donors (Lipinski definition) is 2. The minimum absolute atomic E-state index is 0.147. The highest BCUT2D eigenvalue weighted by atomic mass is 32.2. The summed E-state index contributed by atoms with van der Waals surface area (Å²) in [5, 5.41) is 14.6. The molecular weight excluding hydrogens is 448 g/mol. The Kier molecular flexibility index (Phi) is 7.03. The number of rotatable bonds is 7. The fraction of sp³-hybridized carbons (Fsp3) is 0.160. The lowest BCUT2D eigenvalue weighted by atomic mass is 10.2. The third kappa shape index (κ3) is 5.32. The number of nitrogens with one attached hydrogen (secondary N) is 2. The topological polar surface area (TPSA) is 102 Å². The molecule has 2 N–H and O–H groups in total. The van der Waals surface area contributed by atoms with Gasteiger partial charge in [-0.3, -0.25) is 19.1 Å². The maximum atomic E-state index is 12.9. The molecule has 2 heterocycles. The highest BCUT2D eigenvalue weighted by Gasteiger charge is 2.22. The molecule has 2 aromatic heterocycles. The van der Waals surface area contributed by atoms with Crippen molar-refractivity contribution < 1.29 is 9.59 Å². The van der Waals surface area contributed by atoms with E-state index in [0.29, 0.717) is 22.4 Å². The van der Waals surface area contributed by atoms with Gasteiger partial charge in [0.1, 0.15) is 0 Å². The summed E-state index contributed by atoms with van der Waals surface area (Å²) in [7, 11) is 0. The molecular formula is C25H24N6O2S. The highest BCUT2D eigenvalue weighted by Crippen LogP contribution is 2.31. The first-order valence-corrected chi connectivity index (χ1v) is 11.6. The summed E-state index contributed by atoms with van der Waals surface area (Å²) in [4.78, 5) is 28.2. The van der Waals surface area contributed by atoms with Crippen LogP contribution in [-0.2, 0) is 9.59 Å². The van der Waals surface area contributed by atoms with Gasteiger partial charge in [-0.05, 0) is 61.9 Å². The molecule has 9 heteroatoms. The van der Waals surface area contributed by atoms with E-state index in [0.717, 1.165) is 16.8 Å². The Hall–Kier alpha value is -3.98. The molecule has 8 nitrogen and oxygen atoms in total. The van der Waals surface area contributed by atoms with Crippen molar-refractivity contribution in [2.24, 2.45) is 0 Å². The van der Waals surface area contributed by atoms with Gasteiger partial charge in [0.2, 0.25) is 11.8 Å². The molecule has 4 rings (SSSR count). The van der Waals surface area contributed by atoms with E-state index < -0.39 is 5.25 Å². The monoisotopic (exact) mass is 472 g/mol. The minimum atomic E-state index is -0.438. The van der Waals surface area contributed by atoms with Crippen molar-refractivity contribution in [1.82, 2.24) is 19.7 Å². The summed E-state index contributed by atoms with van der Waals surface area (Å²) in [5.41, 5.74) is 4.21. The molecule has 0 fully saturated rings. The lowest BCUT2D eigenvalue weighted by molar-refractivity contribution is -0.115. The Bertz CT molecular complexity index is 1300. The average molecular weight is 473 g/mol. The molecule has 4 aromatic rings. The van der Waals surface area contributed by atoms with E-state index in [1.807, 2.05) is 54.8 Å². The number of para-hydroxylation sites is 1. The van der Waals surface area contributed by atoms with Gasteiger partial charge in [0.15, 0.2) is 11.0 Å². The number of hydrogen-bond acceptors (Lipinski definition) is 6. The van der Waals surface area contributed by atoms with Gasteiger partial charge < -0.3 is 10.6 Å². The van der Waals surface area contributed by atoms with Crippen molar-refractivity contribution in [2.45, 2.75) is 31.2 Å². The molecule has 0 spiro atoms. The first-order valence-electron chi connectivity index (χ1n) is 10.7. The zero-order valence-corrected chi connectivity index (χ0v) is 19.8. The second-order valence-electron chi connectivity index (χ2n) is 7.67. The fourth-order valence-corrected chi connectivity index (χ4v) is 4.22. The molecule has 0 saturated carbocycles. The van der Waals surface area contributed by atoms with Crippen molar-refractivity contribution in [2.75, 3.05) is 10.6 Å². The van der Waals surface area contributed by atoms with Crippen LogP contribution < -0.4 is 10.6 Å². The van der Waals surface area contributed by atoms with Gasteiger partial charge in [0, 0.05) is 36.3 Å². The molecule has 0 bridgehead atoms. The van der Waals surface area contributed by atoms with E-state index in [9.17, 15) is 9.59 Å². The van der Waals surface area contributed by atoms with Gasteiger partial charge in [0.25, 0.3) is 0 Å². The maximum Gasteiger partial charge on any atom is 0.237 e. The molecule has 2 amide bonds. The summed E-state index contributed by atoms with van der Waals surface area (Å²) in [6.45, 7) is 5.31. The molecule has 0 aliphatic heterocycles. The number of anilines is 2. The van der Waals surface area contributed by atoms with Crippen LogP contribution >= 0.6 is 11.8 Å². The minimum Gasteiger partial charge on any atom is -0.326 e. The van der Waals surface area contributed by atoms with E-state index in [1.54, 1.807) is 36.7 Å². The third-order valence-electron chi connectivity index (χ3n) is 5.05. The van der Waals surface area contributed by atoms with Crippen LogP contribution in [0.1, 0.15) is 19.4 Å². The van der Waals surface area contributed by atoms with E-state index in [2.05, 4.69) is 25.8 Å². The summed E-state index contributed by atoms with van der Waals surface area (Å²) in [6, 6.07) is 18.7. The zero-order valence-electron chi connectivity index (χ0n) is 19.0. The van der Waals surface area contributed by atoms with E-state index in [1.165, 1.54) is 18.7 Å². The third-order valence-corrected chi connectivity index (χ3v) is 6.10. The number of aryl methyl sites for hydroxylation is 1. The number of thioether (sulfide) groups is 1. The summed E-state index contributed by atoms with van der Waals surface area (Å²) < 4.78 is 1.97. The lowest BCUT2D eigenvalue weighted by Gasteiger charge is -2.15. The number of nitrogens with zero attached hydrogens (tertiary/aromatic N) is 4. The molecule has 2 aromatic carbocycles. The number of carbonyl (C=O) groups excluding carboxylic acids is 2. The van der Waals surface area contributed by atoms with Crippen LogP contribution in [0.4, 0.5) is 11.4 Å². The molecule has 0 aliphatic carbocycles. The summed E-state index contributed by atoms with van der Waals surface area (Å²) in [6.07, 6.45) is 3.43. The number of carbonyl (C=O) groups is 2. The molecule has 0 unspecified atom stereocenters. The van der Waals surface area contributed by atoms with E-state index in [4.69, 9.17) is 0 Å². The number of aromatic nitrogens is 4. The molecule has 0 saturated heterocycles. The number of amides is 2. The van der Waals surface area contributed by atoms with E-state index >= 15 is 0 Å². The number of benzene rings is 2. The second-order valence-corrected chi connectivity index (χ2v) is 8.98. The Balaban J connectivity index is 1.57. The van der Waals surface area contributed by atoms with Crippen LogP contribution in [0.25, 0.3) is 17.1 Å². The van der Waals surface area contributed by atoms with Crippen LogP contribution in [-0.4, -0.2) is 36.8 Å². The van der Waals surface area contributed by atoms with Gasteiger partial charge >= 0.3 is 0 Å². The zero-order chi connectivity index (χ0) is 24.1. The quantitative estimate of drug-likeness (QED) is 0.378. The Morgan fingerprint density at radius 1 is 0.912 bits per heavy atom. The van der Waals surface area contributed by atoms with Crippen molar-refractivity contribution in [3.05, 3.63) is 78.6 Å².